The molecule has 2 unspecified atom stereocenters. The number of hydrogen-bond donors (Lipinski definition) is 2. The van der Waals surface area contributed by atoms with Crippen LogP contribution < -0.4 is 10.7 Å². The monoisotopic (exact) mass is 512 g/mol. The van der Waals surface area contributed by atoms with Crippen molar-refractivity contribution in [2.45, 2.75) is 37.6 Å². The number of benzene rings is 3. The van der Waals surface area contributed by atoms with Crippen molar-refractivity contribution >= 4 is 11.6 Å². The van der Waals surface area contributed by atoms with Gasteiger partial charge in [0.2, 0.25) is 0 Å². The predicted molar refractivity (Wildman–Crippen MR) is 133 cm³/mol. The number of hydrazine groups is 1. The summed E-state index contributed by atoms with van der Waals surface area (Å²) < 4.78 is 54.0. The lowest BCUT2D eigenvalue weighted by molar-refractivity contribution is -0.137. The fourth-order valence-corrected chi connectivity index (χ4v) is 5.24. The van der Waals surface area contributed by atoms with Crippen LogP contribution in [0.15, 0.2) is 66.7 Å². The van der Waals surface area contributed by atoms with Gasteiger partial charge in [-0.2, -0.15) is 13.2 Å². The van der Waals surface area contributed by atoms with Crippen LogP contribution in [0.2, 0.25) is 0 Å². The SMILES string of the molecule is CN1Nc2ccc(C(=O)NC3CCCN(Cc4ccccc4F)C3)cc2C1c1cccc(C(F)(F)F)c1. The molecule has 1 saturated heterocycles. The van der Waals surface area contributed by atoms with Gasteiger partial charge in [-0.3, -0.25) is 9.69 Å². The Morgan fingerprint density at radius 3 is 2.68 bits per heavy atom. The summed E-state index contributed by atoms with van der Waals surface area (Å²) in [5.41, 5.74) is 5.50. The molecule has 0 aromatic heterocycles. The fraction of sp³-hybridized carbons (Fsp3) is 0.321. The molecule has 3 aromatic rings. The van der Waals surface area contributed by atoms with Crippen LogP contribution in [0.25, 0.3) is 0 Å². The van der Waals surface area contributed by atoms with E-state index in [1.165, 1.54) is 12.1 Å². The number of nitrogens with one attached hydrogen (secondary N) is 2. The number of carbonyl (C=O) groups is 1. The Bertz CT molecular complexity index is 1300. The lowest BCUT2D eigenvalue weighted by Gasteiger charge is -2.33. The summed E-state index contributed by atoms with van der Waals surface area (Å²) in [7, 11) is 1.76. The second kappa shape index (κ2) is 10.1. The first-order chi connectivity index (χ1) is 17.7. The Hall–Kier alpha value is -3.43. The van der Waals surface area contributed by atoms with Crippen LogP contribution in [-0.4, -0.2) is 42.0 Å². The van der Waals surface area contributed by atoms with Crippen LogP contribution in [0, 0.1) is 5.82 Å². The molecule has 0 radical (unpaired) electrons. The quantitative estimate of drug-likeness (QED) is 0.437. The first-order valence-corrected chi connectivity index (χ1v) is 12.3. The molecule has 2 aliphatic rings. The molecular formula is C28H28F4N4O. The van der Waals surface area contributed by atoms with Crippen LogP contribution in [-0.2, 0) is 12.7 Å². The average molecular weight is 513 g/mol. The molecule has 2 N–H and O–H groups in total. The van der Waals surface area contributed by atoms with Gasteiger partial charge in [-0.05, 0) is 61.3 Å². The van der Waals surface area contributed by atoms with Gasteiger partial charge in [-0.15, -0.1) is 0 Å². The van der Waals surface area contributed by atoms with E-state index in [2.05, 4.69) is 15.6 Å². The molecule has 0 spiro atoms. The highest BCUT2D eigenvalue weighted by Crippen LogP contribution is 2.40. The molecule has 194 valence electrons. The summed E-state index contributed by atoms with van der Waals surface area (Å²) in [6.45, 7) is 1.92. The number of nitrogens with zero attached hydrogens (tertiary/aromatic N) is 2. The first kappa shape index (κ1) is 25.2. The third kappa shape index (κ3) is 5.47. The third-order valence-electron chi connectivity index (χ3n) is 7.01. The van der Waals surface area contributed by atoms with E-state index >= 15 is 0 Å². The van der Waals surface area contributed by atoms with Gasteiger partial charge in [0.1, 0.15) is 5.82 Å². The second-order valence-corrected chi connectivity index (χ2v) is 9.69. The van der Waals surface area contributed by atoms with Gasteiger partial charge in [0, 0.05) is 42.9 Å². The smallest absolute Gasteiger partial charge is 0.348 e. The molecule has 3 aromatic carbocycles. The molecule has 2 atom stereocenters. The minimum absolute atomic E-state index is 0.0821. The Kier molecular flexibility index (Phi) is 6.92. The summed E-state index contributed by atoms with van der Waals surface area (Å²) >= 11 is 0. The normalized spacial score (nSPS) is 20.4. The van der Waals surface area contributed by atoms with E-state index < -0.39 is 17.8 Å². The van der Waals surface area contributed by atoms with Gasteiger partial charge in [-0.25, -0.2) is 9.40 Å². The number of rotatable bonds is 5. The van der Waals surface area contributed by atoms with Crippen LogP contribution in [0.4, 0.5) is 23.2 Å². The lowest BCUT2D eigenvalue weighted by atomic mass is 9.95. The molecule has 37 heavy (non-hydrogen) atoms. The van der Waals surface area contributed by atoms with Gasteiger partial charge in [-0.1, -0.05) is 30.3 Å². The zero-order valence-corrected chi connectivity index (χ0v) is 20.4. The Labute approximate surface area is 213 Å². The summed E-state index contributed by atoms with van der Waals surface area (Å²) in [4.78, 5) is 15.3. The van der Waals surface area contributed by atoms with Crippen LogP contribution in [0.3, 0.4) is 0 Å². The number of anilines is 1. The number of halogens is 4. The van der Waals surface area contributed by atoms with Crippen molar-refractivity contribution in [3.05, 3.63) is 100 Å². The van der Waals surface area contributed by atoms with Gasteiger partial charge in [0.15, 0.2) is 0 Å². The number of fused-ring (bicyclic) bond motifs is 1. The topological polar surface area (TPSA) is 47.6 Å². The highest BCUT2D eigenvalue weighted by atomic mass is 19.4. The number of carbonyl (C=O) groups excluding carboxylic acids is 1. The van der Waals surface area contributed by atoms with Crippen LogP contribution in [0.1, 0.15) is 51.5 Å². The highest BCUT2D eigenvalue weighted by Gasteiger charge is 2.34. The molecular weight excluding hydrogens is 484 g/mol. The van der Waals surface area contributed by atoms with E-state index in [0.717, 1.165) is 42.8 Å². The summed E-state index contributed by atoms with van der Waals surface area (Å²) in [6.07, 6.45) is -2.73. The van der Waals surface area contributed by atoms with Crippen molar-refractivity contribution in [3.8, 4) is 0 Å². The summed E-state index contributed by atoms with van der Waals surface area (Å²) in [5, 5.41) is 4.83. The maximum atomic E-state index is 14.1. The molecule has 0 saturated carbocycles. The molecule has 5 nitrogen and oxygen atoms in total. The Morgan fingerprint density at radius 1 is 1.08 bits per heavy atom. The number of hydrogen-bond acceptors (Lipinski definition) is 4. The Balaban J connectivity index is 1.31. The maximum absolute atomic E-state index is 14.1. The van der Waals surface area contributed by atoms with Gasteiger partial charge >= 0.3 is 6.18 Å². The summed E-state index contributed by atoms with van der Waals surface area (Å²) in [5.74, 6) is -0.474. The standard InChI is InChI=1S/C28H28F4N4O/c1-35-26(18-7-4-8-21(14-18)28(30,31)32)23-15-19(11-12-25(23)34-35)27(37)33-22-9-5-13-36(17-22)16-20-6-2-3-10-24(20)29/h2-4,6-8,10-12,14-15,22,26,34H,5,9,13,16-17H2,1H3,(H,33,37). The number of alkyl halides is 3. The fourth-order valence-electron chi connectivity index (χ4n) is 5.24. The van der Waals surface area contributed by atoms with Crippen molar-refractivity contribution < 1.29 is 22.4 Å². The van der Waals surface area contributed by atoms with Crippen molar-refractivity contribution in [1.82, 2.24) is 15.2 Å². The van der Waals surface area contributed by atoms with Gasteiger partial charge in [0.25, 0.3) is 5.91 Å². The average Bonchev–Trinajstić information content (AvgIpc) is 3.20. The lowest BCUT2D eigenvalue weighted by Crippen LogP contribution is -2.47. The van der Waals surface area contributed by atoms with Crippen molar-refractivity contribution in [2.75, 3.05) is 25.6 Å². The first-order valence-electron chi connectivity index (χ1n) is 12.3. The number of likely N-dealkylation sites (tertiary alicyclic amines) is 1. The van der Waals surface area contributed by atoms with Gasteiger partial charge in [0.05, 0.1) is 17.3 Å². The van der Waals surface area contributed by atoms with E-state index in [9.17, 15) is 22.4 Å². The number of piperidine rings is 1. The van der Waals surface area contributed by atoms with Crippen molar-refractivity contribution in [3.63, 3.8) is 0 Å². The van der Waals surface area contributed by atoms with E-state index in [0.29, 0.717) is 29.8 Å². The van der Waals surface area contributed by atoms with E-state index in [-0.39, 0.29) is 17.8 Å². The van der Waals surface area contributed by atoms with Crippen LogP contribution >= 0.6 is 0 Å². The zero-order chi connectivity index (χ0) is 26.2. The zero-order valence-electron chi connectivity index (χ0n) is 20.4. The predicted octanol–water partition coefficient (Wildman–Crippen LogP) is 5.60. The van der Waals surface area contributed by atoms with E-state index in [1.54, 1.807) is 48.5 Å². The molecule has 0 aliphatic carbocycles. The molecule has 0 bridgehead atoms. The van der Waals surface area contributed by atoms with Gasteiger partial charge < -0.3 is 10.7 Å². The second-order valence-electron chi connectivity index (χ2n) is 9.69. The molecule has 1 amide bonds. The molecule has 5 rings (SSSR count). The molecule has 2 aliphatic heterocycles. The maximum Gasteiger partial charge on any atom is 0.416 e. The van der Waals surface area contributed by atoms with Crippen LogP contribution in [0.5, 0.6) is 0 Å². The number of amides is 1. The minimum Gasteiger partial charge on any atom is -0.348 e. The highest BCUT2D eigenvalue weighted by molar-refractivity contribution is 5.95. The molecule has 1 fully saturated rings. The molecule has 9 heteroatoms. The largest absolute Gasteiger partial charge is 0.416 e. The third-order valence-corrected chi connectivity index (χ3v) is 7.01. The van der Waals surface area contributed by atoms with E-state index in [1.807, 2.05) is 6.07 Å². The Morgan fingerprint density at radius 2 is 1.89 bits per heavy atom. The minimum atomic E-state index is -4.44. The van der Waals surface area contributed by atoms with Crippen molar-refractivity contribution in [2.24, 2.45) is 0 Å². The van der Waals surface area contributed by atoms with E-state index in [4.69, 9.17) is 0 Å². The van der Waals surface area contributed by atoms with Crippen molar-refractivity contribution in [1.29, 1.82) is 0 Å². The summed E-state index contributed by atoms with van der Waals surface area (Å²) in [6, 6.07) is 16.6. The molecule has 2 heterocycles.